The fourth-order valence-electron chi connectivity index (χ4n) is 4.44. The molecule has 8 heteroatoms. The second-order valence-corrected chi connectivity index (χ2v) is 10.1. The Morgan fingerprint density at radius 2 is 1.85 bits per heavy atom. The summed E-state index contributed by atoms with van der Waals surface area (Å²) in [7, 11) is 0. The van der Waals surface area contributed by atoms with Crippen molar-refractivity contribution in [2.75, 3.05) is 4.90 Å². The molecule has 1 fully saturated rings. The maximum atomic E-state index is 13.5. The average Bonchev–Trinajstić information content (AvgIpc) is 3.50. The number of carbonyl (C=O) groups is 2. The molecule has 0 unspecified atom stereocenters. The van der Waals surface area contributed by atoms with E-state index in [0.717, 1.165) is 41.8 Å². The van der Waals surface area contributed by atoms with Gasteiger partial charge in [-0.05, 0) is 63.1 Å². The molecule has 1 aliphatic rings. The van der Waals surface area contributed by atoms with E-state index in [2.05, 4.69) is 23.6 Å². The van der Waals surface area contributed by atoms with Gasteiger partial charge >= 0.3 is 5.97 Å². The Morgan fingerprint density at radius 1 is 1.18 bits per heavy atom. The molecule has 2 heterocycles. The number of hydrogen-bond donors (Lipinski definition) is 1. The average molecular weight is 479 g/mol. The number of aromatic nitrogens is 3. The highest BCUT2D eigenvalue weighted by Crippen LogP contribution is 2.33. The number of benzene rings is 1. The molecular formula is C26H30N4O3S. The van der Waals surface area contributed by atoms with Crippen LogP contribution in [0.4, 0.5) is 5.82 Å². The Morgan fingerprint density at radius 3 is 2.41 bits per heavy atom. The minimum atomic E-state index is -1.11. The fourth-order valence-corrected chi connectivity index (χ4v) is 5.08. The van der Waals surface area contributed by atoms with Crippen LogP contribution in [0.1, 0.15) is 67.4 Å². The van der Waals surface area contributed by atoms with Crippen LogP contribution in [0.3, 0.4) is 0 Å². The first-order valence-corrected chi connectivity index (χ1v) is 12.5. The molecule has 178 valence electrons. The predicted molar refractivity (Wildman–Crippen MR) is 135 cm³/mol. The van der Waals surface area contributed by atoms with E-state index in [-0.39, 0.29) is 29.2 Å². The third kappa shape index (κ3) is 4.82. The summed E-state index contributed by atoms with van der Waals surface area (Å²) in [6.45, 7) is 10.1. The van der Waals surface area contributed by atoms with Crippen molar-refractivity contribution in [3.8, 4) is 5.69 Å². The van der Waals surface area contributed by atoms with Crippen molar-refractivity contribution < 1.29 is 14.7 Å². The van der Waals surface area contributed by atoms with Crippen LogP contribution in [0.25, 0.3) is 11.3 Å². The molecule has 0 atom stereocenters. The van der Waals surface area contributed by atoms with Crippen molar-refractivity contribution >= 4 is 34.6 Å². The summed E-state index contributed by atoms with van der Waals surface area (Å²) >= 11 is 1.52. The monoisotopic (exact) mass is 478 g/mol. The van der Waals surface area contributed by atoms with Crippen LogP contribution in [-0.2, 0) is 4.79 Å². The van der Waals surface area contributed by atoms with E-state index in [0.29, 0.717) is 11.6 Å². The molecule has 0 spiro atoms. The number of aromatic carboxylic acids is 1. The van der Waals surface area contributed by atoms with Gasteiger partial charge in [0.25, 0.3) is 0 Å². The molecule has 1 saturated carbocycles. The lowest BCUT2D eigenvalue weighted by Gasteiger charge is -2.32. The van der Waals surface area contributed by atoms with Crippen molar-refractivity contribution in [3.05, 3.63) is 64.8 Å². The van der Waals surface area contributed by atoms with E-state index in [4.69, 9.17) is 0 Å². The smallest absolute Gasteiger partial charge is 0.341 e. The third-order valence-corrected chi connectivity index (χ3v) is 7.28. The van der Waals surface area contributed by atoms with Crippen molar-refractivity contribution in [1.29, 1.82) is 0 Å². The zero-order valence-corrected chi connectivity index (χ0v) is 20.6. The van der Waals surface area contributed by atoms with Crippen LogP contribution in [-0.4, -0.2) is 37.8 Å². The van der Waals surface area contributed by atoms with Crippen LogP contribution in [0, 0.1) is 11.8 Å². The molecule has 1 aromatic carbocycles. The van der Waals surface area contributed by atoms with Crippen molar-refractivity contribution in [2.45, 2.75) is 52.5 Å². The van der Waals surface area contributed by atoms with Crippen LogP contribution in [0.5, 0.6) is 0 Å². The highest BCUT2D eigenvalue weighted by atomic mass is 32.1. The van der Waals surface area contributed by atoms with Gasteiger partial charge < -0.3 is 5.11 Å². The van der Waals surface area contributed by atoms with Crippen LogP contribution >= 0.6 is 11.3 Å². The third-order valence-electron chi connectivity index (χ3n) is 6.44. The molecule has 4 rings (SSSR count). The Labute approximate surface area is 203 Å². The van der Waals surface area contributed by atoms with Gasteiger partial charge in [0.05, 0.1) is 5.69 Å². The largest absolute Gasteiger partial charge is 0.477 e. The quantitative estimate of drug-likeness (QED) is 0.474. The molecule has 0 aliphatic heterocycles. The summed E-state index contributed by atoms with van der Waals surface area (Å²) in [5.41, 5.74) is 2.47. The number of rotatable bonds is 7. The Kier molecular flexibility index (Phi) is 6.97. The number of carbonyl (C=O) groups excluding carboxylic acids is 1. The van der Waals surface area contributed by atoms with Gasteiger partial charge in [0.1, 0.15) is 10.6 Å². The van der Waals surface area contributed by atoms with Crippen LogP contribution in [0.15, 0.2) is 48.6 Å². The summed E-state index contributed by atoms with van der Waals surface area (Å²) in [5, 5.41) is 17.2. The number of carboxylic acids is 1. The molecule has 0 saturated heterocycles. The Balaban J connectivity index is 1.65. The lowest BCUT2D eigenvalue weighted by molar-refractivity contribution is -0.123. The number of carboxylic acid groups (broad SMARTS) is 1. The lowest BCUT2D eigenvalue weighted by Crippen LogP contribution is -2.43. The zero-order chi connectivity index (χ0) is 24.4. The molecule has 1 N–H and O–H groups in total. The maximum absolute atomic E-state index is 13.5. The second kappa shape index (κ2) is 9.93. The molecule has 2 aromatic heterocycles. The van der Waals surface area contributed by atoms with Gasteiger partial charge in [-0.1, -0.05) is 25.6 Å². The van der Waals surface area contributed by atoms with Crippen molar-refractivity contribution in [2.24, 2.45) is 11.8 Å². The lowest BCUT2D eigenvalue weighted by atomic mass is 9.82. The molecule has 1 aliphatic carbocycles. The van der Waals surface area contributed by atoms with Gasteiger partial charge in [-0.15, -0.1) is 16.4 Å². The Bertz CT molecular complexity index is 1170. The first kappa shape index (κ1) is 23.9. The van der Waals surface area contributed by atoms with E-state index in [1.54, 1.807) is 11.1 Å². The minimum absolute atomic E-state index is 0.0162. The van der Waals surface area contributed by atoms with Gasteiger partial charge in [-0.25, -0.2) is 14.5 Å². The standard InChI is InChI=1S/C26H30N4O3S/c1-16(2)30(25(31)20-7-5-17(3)6-8-20)23-22(26(32)33)15-29(28-23)21-11-9-19(10-12-21)18(4)24-27-13-14-34-24/h9-17,20H,4-8H2,1-3H3,(H,32,33)/t17-,20-. The van der Waals surface area contributed by atoms with Gasteiger partial charge in [0.2, 0.25) is 5.91 Å². The fraction of sp³-hybridized carbons (Fsp3) is 0.385. The van der Waals surface area contributed by atoms with E-state index in [9.17, 15) is 14.7 Å². The van der Waals surface area contributed by atoms with Gasteiger partial charge in [0, 0.05) is 35.3 Å². The van der Waals surface area contributed by atoms with Crippen molar-refractivity contribution in [1.82, 2.24) is 14.8 Å². The number of amides is 1. The molecule has 34 heavy (non-hydrogen) atoms. The molecule has 0 radical (unpaired) electrons. The highest BCUT2D eigenvalue weighted by molar-refractivity contribution is 7.10. The number of anilines is 1. The maximum Gasteiger partial charge on any atom is 0.341 e. The van der Waals surface area contributed by atoms with Gasteiger partial charge in [-0.2, -0.15) is 0 Å². The van der Waals surface area contributed by atoms with E-state index in [1.165, 1.54) is 22.2 Å². The minimum Gasteiger partial charge on any atom is -0.477 e. The second-order valence-electron chi connectivity index (χ2n) is 9.24. The molecule has 0 bridgehead atoms. The highest BCUT2D eigenvalue weighted by Gasteiger charge is 2.34. The summed E-state index contributed by atoms with van der Waals surface area (Å²) in [5.74, 6) is -0.417. The van der Waals surface area contributed by atoms with Gasteiger partial charge in [0.15, 0.2) is 5.82 Å². The zero-order valence-electron chi connectivity index (χ0n) is 19.8. The Hall–Kier alpha value is -3.26. The van der Waals surface area contributed by atoms with E-state index >= 15 is 0 Å². The SMILES string of the molecule is C=C(c1ccc(-n2cc(C(=O)O)c(N(C(=O)[C@H]3CC[C@H](C)CC3)C(C)C)n2)cc1)c1nccs1. The van der Waals surface area contributed by atoms with Gasteiger partial charge in [-0.3, -0.25) is 9.69 Å². The van der Waals surface area contributed by atoms with E-state index in [1.807, 2.05) is 43.5 Å². The molecular weight excluding hydrogens is 448 g/mol. The van der Waals surface area contributed by atoms with Crippen LogP contribution in [0.2, 0.25) is 0 Å². The summed E-state index contributed by atoms with van der Waals surface area (Å²) in [4.78, 5) is 31.4. The molecule has 7 nitrogen and oxygen atoms in total. The first-order chi connectivity index (χ1) is 16.3. The van der Waals surface area contributed by atoms with Crippen molar-refractivity contribution in [3.63, 3.8) is 0 Å². The summed E-state index contributed by atoms with van der Waals surface area (Å²) in [6, 6.07) is 7.34. The topological polar surface area (TPSA) is 88.3 Å². The summed E-state index contributed by atoms with van der Waals surface area (Å²) in [6.07, 6.45) is 6.91. The number of thiazole rings is 1. The summed E-state index contributed by atoms with van der Waals surface area (Å²) < 4.78 is 1.53. The van der Waals surface area contributed by atoms with E-state index < -0.39 is 5.97 Å². The van der Waals surface area contributed by atoms with Crippen LogP contribution < -0.4 is 4.90 Å². The normalized spacial score (nSPS) is 18.1. The predicted octanol–water partition coefficient (Wildman–Crippen LogP) is 5.66. The molecule has 1 amide bonds. The first-order valence-electron chi connectivity index (χ1n) is 11.6. The number of nitrogens with zero attached hydrogens (tertiary/aromatic N) is 4. The number of hydrogen-bond acceptors (Lipinski definition) is 5. The molecule has 3 aromatic rings.